The number of aliphatic hydroxyl groups is 1. The van der Waals surface area contributed by atoms with Crippen molar-refractivity contribution in [2.45, 2.75) is 12.5 Å². The summed E-state index contributed by atoms with van der Waals surface area (Å²) < 4.78 is 12.9. The first kappa shape index (κ1) is 13.8. The predicted octanol–water partition coefficient (Wildman–Crippen LogP) is 3.19. The normalized spacial score (nSPS) is 13.9. The van der Waals surface area contributed by atoms with Gasteiger partial charge in [-0.3, -0.25) is 4.98 Å². The number of halogens is 2. The summed E-state index contributed by atoms with van der Waals surface area (Å²) in [5.41, 5.74) is 0.391. The molecule has 1 aromatic carbocycles. The van der Waals surface area contributed by atoms with Crippen LogP contribution in [-0.2, 0) is 5.54 Å². The summed E-state index contributed by atoms with van der Waals surface area (Å²) in [6.45, 7) is 1.58. The van der Waals surface area contributed by atoms with E-state index >= 15 is 0 Å². The molecule has 1 unspecified atom stereocenters. The Morgan fingerprint density at radius 1 is 1.32 bits per heavy atom. The van der Waals surface area contributed by atoms with Crippen LogP contribution in [-0.4, -0.2) is 16.7 Å². The van der Waals surface area contributed by atoms with Crippen LogP contribution in [0.15, 0.2) is 42.6 Å². The molecular weight excluding hydrogens is 267 g/mol. The third-order valence-corrected chi connectivity index (χ3v) is 3.22. The molecule has 0 amide bonds. The van der Waals surface area contributed by atoms with Crippen LogP contribution in [0.3, 0.4) is 0 Å². The highest BCUT2D eigenvalue weighted by molar-refractivity contribution is 6.33. The first-order valence-electron chi connectivity index (χ1n) is 5.81. The van der Waals surface area contributed by atoms with Gasteiger partial charge in [-0.15, -0.1) is 0 Å². The lowest BCUT2D eigenvalue weighted by Crippen LogP contribution is -2.36. The largest absolute Gasteiger partial charge is 0.394 e. The van der Waals surface area contributed by atoms with Gasteiger partial charge in [0.05, 0.1) is 29.2 Å². The molecule has 0 saturated carbocycles. The van der Waals surface area contributed by atoms with Gasteiger partial charge in [-0.25, -0.2) is 4.39 Å². The molecule has 0 bridgehead atoms. The molecule has 0 aliphatic carbocycles. The summed E-state index contributed by atoms with van der Waals surface area (Å²) in [5, 5.41) is 13.3. The zero-order chi connectivity index (χ0) is 13.9. The minimum Gasteiger partial charge on any atom is -0.394 e. The van der Waals surface area contributed by atoms with Crippen molar-refractivity contribution in [3.63, 3.8) is 0 Å². The van der Waals surface area contributed by atoms with Gasteiger partial charge in [-0.1, -0.05) is 23.7 Å². The molecule has 2 N–H and O–H groups in total. The molecule has 0 saturated heterocycles. The lowest BCUT2D eigenvalue weighted by molar-refractivity contribution is 0.221. The summed E-state index contributed by atoms with van der Waals surface area (Å²) in [4.78, 5) is 4.01. The Hall–Kier alpha value is -1.65. The fourth-order valence-electron chi connectivity index (χ4n) is 1.75. The molecule has 1 atom stereocenters. The molecule has 3 nitrogen and oxygen atoms in total. The Kier molecular flexibility index (Phi) is 4.02. The summed E-state index contributed by atoms with van der Waals surface area (Å²) in [5.74, 6) is -0.415. The smallest absolute Gasteiger partial charge is 0.141 e. The minimum atomic E-state index is -0.835. The second kappa shape index (κ2) is 5.55. The molecule has 0 aliphatic heterocycles. The first-order valence-corrected chi connectivity index (χ1v) is 6.18. The third kappa shape index (κ3) is 3.03. The number of benzene rings is 1. The Bertz CT molecular complexity index is 562. The third-order valence-electron chi connectivity index (χ3n) is 2.89. The Labute approximate surface area is 116 Å². The fourth-order valence-corrected chi connectivity index (χ4v) is 1.93. The lowest BCUT2D eigenvalue weighted by Gasteiger charge is -2.29. The first-order chi connectivity index (χ1) is 9.05. The van der Waals surface area contributed by atoms with Crippen LogP contribution in [0.4, 0.5) is 10.1 Å². The minimum absolute atomic E-state index is 0.198. The molecule has 100 valence electrons. The van der Waals surface area contributed by atoms with E-state index in [0.717, 1.165) is 6.20 Å². The van der Waals surface area contributed by atoms with Crippen LogP contribution in [0.5, 0.6) is 0 Å². The van der Waals surface area contributed by atoms with Gasteiger partial charge in [0.2, 0.25) is 0 Å². The van der Waals surface area contributed by atoms with Gasteiger partial charge in [0.15, 0.2) is 0 Å². The average Bonchev–Trinajstić information content (AvgIpc) is 2.42. The number of nitrogens with zero attached hydrogens (tertiary/aromatic N) is 1. The summed E-state index contributed by atoms with van der Waals surface area (Å²) in [6, 6.07) is 10.1. The molecule has 2 aromatic rings. The summed E-state index contributed by atoms with van der Waals surface area (Å²) in [7, 11) is 0. The molecule has 19 heavy (non-hydrogen) atoms. The number of hydrogen-bond donors (Lipinski definition) is 2. The van der Waals surface area contributed by atoms with E-state index < -0.39 is 11.4 Å². The van der Waals surface area contributed by atoms with E-state index in [4.69, 9.17) is 11.6 Å². The van der Waals surface area contributed by atoms with E-state index in [1.54, 1.807) is 19.1 Å². The number of aliphatic hydroxyl groups excluding tert-OH is 1. The zero-order valence-electron chi connectivity index (χ0n) is 10.4. The van der Waals surface area contributed by atoms with Gasteiger partial charge in [-0.05, 0) is 31.2 Å². The SMILES string of the molecule is CC(CO)(Nc1ccccc1Cl)c1ccc(F)cn1. The number of rotatable bonds is 4. The molecule has 0 aliphatic rings. The van der Waals surface area contributed by atoms with Crippen LogP contribution in [0.25, 0.3) is 0 Å². The Balaban J connectivity index is 2.33. The average molecular weight is 281 g/mol. The van der Waals surface area contributed by atoms with Gasteiger partial charge in [0.25, 0.3) is 0 Å². The maximum Gasteiger partial charge on any atom is 0.141 e. The highest BCUT2D eigenvalue weighted by Gasteiger charge is 2.27. The van der Waals surface area contributed by atoms with Crippen LogP contribution in [0, 0.1) is 5.82 Å². The molecule has 2 rings (SSSR count). The van der Waals surface area contributed by atoms with Gasteiger partial charge < -0.3 is 10.4 Å². The topological polar surface area (TPSA) is 45.1 Å². The zero-order valence-corrected chi connectivity index (χ0v) is 11.2. The number of aromatic nitrogens is 1. The quantitative estimate of drug-likeness (QED) is 0.904. The van der Waals surface area contributed by atoms with E-state index in [1.165, 1.54) is 12.1 Å². The van der Waals surface area contributed by atoms with Crippen LogP contribution in [0.2, 0.25) is 5.02 Å². The van der Waals surface area contributed by atoms with Crippen molar-refractivity contribution < 1.29 is 9.50 Å². The summed E-state index contributed by atoms with van der Waals surface area (Å²) >= 11 is 6.08. The van der Waals surface area contributed by atoms with Crippen molar-refractivity contribution in [1.82, 2.24) is 4.98 Å². The van der Waals surface area contributed by atoms with Gasteiger partial charge in [0, 0.05) is 0 Å². The van der Waals surface area contributed by atoms with Crippen LogP contribution >= 0.6 is 11.6 Å². The molecule has 0 fully saturated rings. The van der Waals surface area contributed by atoms with E-state index in [2.05, 4.69) is 10.3 Å². The van der Waals surface area contributed by atoms with E-state index in [0.29, 0.717) is 16.4 Å². The highest BCUT2D eigenvalue weighted by atomic mass is 35.5. The number of para-hydroxylation sites is 1. The standard InChI is InChI=1S/C14H14ClFN2O/c1-14(9-19,13-7-6-10(16)8-17-13)18-12-5-3-2-4-11(12)15/h2-8,18-19H,9H2,1H3. The molecule has 0 spiro atoms. The van der Waals surface area contributed by atoms with Gasteiger partial charge in [0.1, 0.15) is 11.4 Å². The van der Waals surface area contributed by atoms with Crippen LogP contribution < -0.4 is 5.32 Å². The van der Waals surface area contributed by atoms with E-state index in [-0.39, 0.29) is 6.61 Å². The maximum absolute atomic E-state index is 12.9. The Morgan fingerprint density at radius 3 is 2.63 bits per heavy atom. The molecule has 1 heterocycles. The predicted molar refractivity (Wildman–Crippen MR) is 73.7 cm³/mol. The summed E-state index contributed by atoms with van der Waals surface area (Å²) in [6.07, 6.45) is 1.12. The second-order valence-electron chi connectivity index (χ2n) is 4.46. The van der Waals surface area contributed by atoms with Crippen molar-refractivity contribution in [1.29, 1.82) is 0 Å². The number of hydrogen-bond acceptors (Lipinski definition) is 3. The number of pyridine rings is 1. The monoisotopic (exact) mass is 280 g/mol. The number of anilines is 1. The molecule has 1 aromatic heterocycles. The van der Waals surface area contributed by atoms with Crippen molar-refractivity contribution >= 4 is 17.3 Å². The van der Waals surface area contributed by atoms with Gasteiger partial charge >= 0.3 is 0 Å². The molecule has 5 heteroatoms. The van der Waals surface area contributed by atoms with Gasteiger partial charge in [-0.2, -0.15) is 0 Å². The van der Waals surface area contributed by atoms with Crippen molar-refractivity contribution in [3.05, 3.63) is 59.1 Å². The van der Waals surface area contributed by atoms with Crippen molar-refractivity contribution in [3.8, 4) is 0 Å². The Morgan fingerprint density at radius 2 is 2.05 bits per heavy atom. The van der Waals surface area contributed by atoms with E-state index in [1.807, 2.05) is 12.1 Å². The molecule has 0 radical (unpaired) electrons. The fraction of sp³-hybridized carbons (Fsp3) is 0.214. The second-order valence-corrected chi connectivity index (χ2v) is 4.86. The van der Waals surface area contributed by atoms with E-state index in [9.17, 15) is 9.50 Å². The van der Waals surface area contributed by atoms with Crippen molar-refractivity contribution in [2.24, 2.45) is 0 Å². The van der Waals surface area contributed by atoms with Crippen LogP contribution in [0.1, 0.15) is 12.6 Å². The molecular formula is C14H14ClFN2O. The van der Waals surface area contributed by atoms with Crippen molar-refractivity contribution in [2.75, 3.05) is 11.9 Å². The number of nitrogens with one attached hydrogen (secondary N) is 1. The highest BCUT2D eigenvalue weighted by Crippen LogP contribution is 2.29. The lowest BCUT2D eigenvalue weighted by atomic mass is 9.97. The maximum atomic E-state index is 12.9.